The Labute approximate surface area is 165 Å². The van der Waals surface area contributed by atoms with Crippen LogP contribution in [0.2, 0.25) is 0 Å². The van der Waals surface area contributed by atoms with E-state index in [9.17, 15) is 15.2 Å². The second kappa shape index (κ2) is 9.17. The number of nitro groups is 1. The smallest absolute Gasteiger partial charge is 0.269 e. The topological polar surface area (TPSA) is 75.8 Å². The Morgan fingerprint density at radius 3 is 2.07 bits per heavy atom. The summed E-state index contributed by atoms with van der Waals surface area (Å²) in [6, 6.07) is 14.0. The second-order valence-corrected chi connectivity index (χ2v) is 7.80. The number of nitrogens with zero attached hydrogens (tertiary/aromatic N) is 2. The predicted octanol–water partition coefficient (Wildman–Crippen LogP) is 4.27. The van der Waals surface area contributed by atoms with Gasteiger partial charge in [-0.15, -0.1) is 0 Å². The van der Waals surface area contributed by atoms with Crippen molar-refractivity contribution in [3.05, 3.63) is 58.6 Å². The third kappa shape index (κ3) is 5.78. The summed E-state index contributed by atoms with van der Waals surface area (Å²) in [6.07, 6.45) is 4.94. The molecule has 6 heteroatoms. The zero-order valence-corrected chi connectivity index (χ0v) is 16.3. The van der Waals surface area contributed by atoms with Gasteiger partial charge in [-0.25, -0.2) is 0 Å². The van der Waals surface area contributed by atoms with Crippen LogP contribution in [0.15, 0.2) is 48.5 Å². The molecule has 0 amide bonds. The van der Waals surface area contributed by atoms with E-state index in [1.165, 1.54) is 37.8 Å². The molecule has 1 atom stereocenters. The fraction of sp³-hybridized carbons (Fsp3) is 0.455. The molecule has 3 rings (SSSR count). The number of likely N-dealkylation sites (tertiary alicyclic amines) is 1. The zero-order valence-electron chi connectivity index (χ0n) is 16.3. The summed E-state index contributed by atoms with van der Waals surface area (Å²) in [4.78, 5) is 12.7. The molecule has 1 aliphatic heterocycles. The molecule has 1 unspecified atom stereocenters. The highest BCUT2D eigenvalue weighted by atomic mass is 16.6. The van der Waals surface area contributed by atoms with Crippen LogP contribution in [0, 0.1) is 10.1 Å². The van der Waals surface area contributed by atoms with E-state index in [1.54, 1.807) is 12.1 Å². The van der Waals surface area contributed by atoms with Crippen LogP contribution in [0.3, 0.4) is 0 Å². The first-order chi connectivity index (χ1) is 13.4. The van der Waals surface area contributed by atoms with E-state index in [4.69, 9.17) is 4.74 Å². The van der Waals surface area contributed by atoms with Gasteiger partial charge in [0.05, 0.1) is 4.92 Å². The number of aliphatic hydroxyl groups is 1. The molecule has 0 spiro atoms. The number of β-amino-alcohol motifs (C(OH)–C–C–N with tert-alkyl or cyclic N) is 1. The highest BCUT2D eigenvalue weighted by Gasteiger charge is 2.25. The van der Waals surface area contributed by atoms with Crippen LogP contribution in [0.25, 0.3) is 11.1 Å². The SMILES string of the molecule is CC(O)(COc1ccc(-c2ccc([N+](=O)[O-])cc2)cc1)CN1CCCCCC1. The molecule has 1 heterocycles. The fourth-order valence-electron chi connectivity index (χ4n) is 3.58. The highest BCUT2D eigenvalue weighted by Crippen LogP contribution is 2.25. The van der Waals surface area contributed by atoms with E-state index in [2.05, 4.69) is 4.90 Å². The third-order valence-corrected chi connectivity index (χ3v) is 5.08. The lowest BCUT2D eigenvalue weighted by Gasteiger charge is -2.30. The van der Waals surface area contributed by atoms with E-state index in [0.29, 0.717) is 12.3 Å². The van der Waals surface area contributed by atoms with Crippen molar-refractivity contribution in [2.45, 2.75) is 38.2 Å². The lowest BCUT2D eigenvalue weighted by molar-refractivity contribution is -0.384. The highest BCUT2D eigenvalue weighted by molar-refractivity contribution is 5.65. The average molecular weight is 384 g/mol. The number of hydrogen-bond donors (Lipinski definition) is 1. The molecule has 2 aromatic rings. The van der Waals surface area contributed by atoms with Crippen molar-refractivity contribution in [3.8, 4) is 16.9 Å². The summed E-state index contributed by atoms with van der Waals surface area (Å²) in [6.45, 7) is 4.76. The number of nitro benzene ring substituents is 1. The van der Waals surface area contributed by atoms with E-state index in [-0.39, 0.29) is 12.3 Å². The van der Waals surface area contributed by atoms with Gasteiger partial charge in [0, 0.05) is 18.7 Å². The lowest BCUT2D eigenvalue weighted by atomic mass is 10.1. The van der Waals surface area contributed by atoms with E-state index >= 15 is 0 Å². The van der Waals surface area contributed by atoms with Crippen LogP contribution in [0.5, 0.6) is 5.75 Å². The molecule has 0 saturated carbocycles. The molecule has 2 aromatic carbocycles. The van der Waals surface area contributed by atoms with Crippen molar-refractivity contribution in [1.82, 2.24) is 4.90 Å². The maximum Gasteiger partial charge on any atom is 0.269 e. The minimum Gasteiger partial charge on any atom is -0.491 e. The van der Waals surface area contributed by atoms with Crippen molar-refractivity contribution < 1.29 is 14.8 Å². The molecule has 0 aromatic heterocycles. The van der Waals surface area contributed by atoms with Gasteiger partial charge in [-0.2, -0.15) is 0 Å². The minimum atomic E-state index is -0.901. The minimum absolute atomic E-state index is 0.0790. The van der Waals surface area contributed by atoms with E-state index in [1.807, 2.05) is 31.2 Å². The Morgan fingerprint density at radius 2 is 1.54 bits per heavy atom. The third-order valence-electron chi connectivity index (χ3n) is 5.08. The van der Waals surface area contributed by atoms with Crippen LogP contribution in [0.1, 0.15) is 32.6 Å². The number of benzene rings is 2. The van der Waals surface area contributed by atoms with Crippen LogP contribution in [-0.2, 0) is 0 Å². The van der Waals surface area contributed by atoms with Crippen LogP contribution in [0.4, 0.5) is 5.69 Å². The van der Waals surface area contributed by atoms with Gasteiger partial charge in [0.25, 0.3) is 5.69 Å². The monoisotopic (exact) mass is 384 g/mol. The van der Waals surface area contributed by atoms with Gasteiger partial charge < -0.3 is 14.7 Å². The summed E-state index contributed by atoms with van der Waals surface area (Å²) >= 11 is 0. The summed E-state index contributed by atoms with van der Waals surface area (Å²) in [5.41, 5.74) is 1.04. The maximum absolute atomic E-state index is 10.8. The first kappa shape index (κ1) is 20.3. The summed E-state index contributed by atoms with van der Waals surface area (Å²) in [7, 11) is 0. The number of non-ortho nitro benzene ring substituents is 1. The second-order valence-electron chi connectivity index (χ2n) is 7.80. The van der Waals surface area contributed by atoms with Crippen LogP contribution < -0.4 is 4.74 Å². The molecule has 1 fully saturated rings. The van der Waals surface area contributed by atoms with Crippen molar-refractivity contribution in [2.75, 3.05) is 26.2 Å². The van der Waals surface area contributed by atoms with Crippen molar-refractivity contribution >= 4 is 5.69 Å². The number of rotatable bonds is 7. The van der Waals surface area contributed by atoms with Gasteiger partial charge >= 0.3 is 0 Å². The van der Waals surface area contributed by atoms with Gasteiger partial charge in [0.2, 0.25) is 0 Å². The van der Waals surface area contributed by atoms with Crippen molar-refractivity contribution in [2.24, 2.45) is 0 Å². The van der Waals surface area contributed by atoms with Gasteiger partial charge in [-0.05, 0) is 68.2 Å². The first-order valence-electron chi connectivity index (χ1n) is 9.85. The maximum atomic E-state index is 10.8. The molecular formula is C22H28N2O4. The molecule has 150 valence electrons. The lowest BCUT2D eigenvalue weighted by Crippen LogP contribution is -2.45. The molecule has 0 aliphatic carbocycles. The average Bonchev–Trinajstić information content (AvgIpc) is 2.95. The standard InChI is InChI=1S/C22H28N2O4/c1-22(25,16-23-14-4-2-3-5-15-23)17-28-21-12-8-19(9-13-21)18-6-10-20(11-7-18)24(26)27/h6-13,25H,2-5,14-17H2,1H3. The van der Waals surface area contributed by atoms with Crippen LogP contribution >= 0.6 is 0 Å². The summed E-state index contributed by atoms with van der Waals surface area (Å²) in [5.74, 6) is 0.696. The number of ether oxygens (including phenoxy) is 1. The summed E-state index contributed by atoms with van der Waals surface area (Å²) < 4.78 is 5.82. The van der Waals surface area contributed by atoms with Gasteiger partial charge in [-0.3, -0.25) is 10.1 Å². The number of hydrogen-bond acceptors (Lipinski definition) is 5. The largest absolute Gasteiger partial charge is 0.491 e. The molecule has 0 bridgehead atoms. The predicted molar refractivity (Wildman–Crippen MR) is 110 cm³/mol. The molecular weight excluding hydrogens is 356 g/mol. The molecule has 28 heavy (non-hydrogen) atoms. The van der Waals surface area contributed by atoms with E-state index in [0.717, 1.165) is 24.2 Å². The van der Waals surface area contributed by atoms with Gasteiger partial charge in [0.1, 0.15) is 18.0 Å². The molecule has 1 saturated heterocycles. The van der Waals surface area contributed by atoms with Crippen LogP contribution in [-0.4, -0.2) is 46.8 Å². The normalized spacial score (nSPS) is 17.5. The van der Waals surface area contributed by atoms with Crippen molar-refractivity contribution in [3.63, 3.8) is 0 Å². The van der Waals surface area contributed by atoms with Gasteiger partial charge in [0.15, 0.2) is 0 Å². The Balaban J connectivity index is 1.55. The summed E-state index contributed by atoms with van der Waals surface area (Å²) in [5, 5.41) is 21.5. The Bertz CT molecular complexity index is 764. The van der Waals surface area contributed by atoms with E-state index < -0.39 is 10.5 Å². The Hall–Kier alpha value is -2.44. The Morgan fingerprint density at radius 1 is 1.00 bits per heavy atom. The van der Waals surface area contributed by atoms with Gasteiger partial charge in [-0.1, -0.05) is 25.0 Å². The molecule has 1 N–H and O–H groups in total. The molecule has 1 aliphatic rings. The quantitative estimate of drug-likeness (QED) is 0.570. The van der Waals surface area contributed by atoms with Crippen molar-refractivity contribution in [1.29, 1.82) is 0 Å². The first-order valence-corrected chi connectivity index (χ1v) is 9.85. The fourth-order valence-corrected chi connectivity index (χ4v) is 3.58. The zero-order chi connectivity index (χ0) is 20.0. The Kier molecular flexibility index (Phi) is 6.65. The molecule has 6 nitrogen and oxygen atoms in total. The molecule has 0 radical (unpaired) electrons.